The van der Waals surface area contributed by atoms with Gasteiger partial charge in [0.1, 0.15) is 0 Å². The summed E-state index contributed by atoms with van der Waals surface area (Å²) in [6.45, 7) is 0.966. The van der Waals surface area contributed by atoms with Crippen LogP contribution in [0.4, 0.5) is 0 Å². The van der Waals surface area contributed by atoms with Gasteiger partial charge in [0.2, 0.25) is 0 Å². The highest BCUT2D eigenvalue weighted by molar-refractivity contribution is 9.10. The molecule has 1 atom stereocenters. The van der Waals surface area contributed by atoms with Crippen molar-refractivity contribution < 1.29 is 4.74 Å². The highest BCUT2D eigenvalue weighted by Gasteiger charge is 2.21. The highest BCUT2D eigenvalue weighted by atomic mass is 79.9. The van der Waals surface area contributed by atoms with Crippen LogP contribution in [0.25, 0.3) is 0 Å². The molecule has 2 heteroatoms. The molecule has 1 heterocycles. The van der Waals surface area contributed by atoms with Gasteiger partial charge in [0.05, 0.1) is 12.7 Å². The Labute approximate surface area is 80.9 Å². The van der Waals surface area contributed by atoms with E-state index < -0.39 is 0 Å². The Hall–Kier alpha value is -0.340. The molecule has 0 spiro atoms. The fourth-order valence-electron chi connectivity index (χ4n) is 1.25. The fourth-order valence-corrected chi connectivity index (χ4v) is 1.70. The first kappa shape index (κ1) is 8.27. The van der Waals surface area contributed by atoms with E-state index in [1.165, 1.54) is 5.56 Å². The SMILES string of the molecule is Brc1cccc(CCC2CO2)c1. The summed E-state index contributed by atoms with van der Waals surface area (Å²) in [7, 11) is 0. The Kier molecular flexibility index (Phi) is 2.47. The fraction of sp³-hybridized carbons (Fsp3) is 0.400. The van der Waals surface area contributed by atoms with Gasteiger partial charge in [0.25, 0.3) is 0 Å². The zero-order valence-corrected chi connectivity index (χ0v) is 8.38. The number of ether oxygens (including phenoxy) is 1. The minimum Gasteiger partial charge on any atom is -0.373 e. The molecule has 0 radical (unpaired) electrons. The van der Waals surface area contributed by atoms with Crippen LogP contribution in [0, 0.1) is 0 Å². The van der Waals surface area contributed by atoms with Crippen molar-refractivity contribution in [1.82, 2.24) is 0 Å². The molecule has 12 heavy (non-hydrogen) atoms. The van der Waals surface area contributed by atoms with E-state index in [1.54, 1.807) is 0 Å². The van der Waals surface area contributed by atoms with Crippen molar-refractivity contribution in [3.8, 4) is 0 Å². The number of benzene rings is 1. The second-order valence-corrected chi connectivity index (χ2v) is 4.04. The third-order valence-corrected chi connectivity index (χ3v) is 2.54. The van der Waals surface area contributed by atoms with Crippen molar-refractivity contribution in [3.05, 3.63) is 34.3 Å². The second-order valence-electron chi connectivity index (χ2n) is 3.12. The average Bonchev–Trinajstić information content (AvgIpc) is 2.84. The first-order valence-electron chi connectivity index (χ1n) is 4.20. The third-order valence-electron chi connectivity index (χ3n) is 2.05. The van der Waals surface area contributed by atoms with Crippen molar-refractivity contribution >= 4 is 15.9 Å². The number of hydrogen-bond acceptors (Lipinski definition) is 1. The smallest absolute Gasteiger partial charge is 0.0813 e. The molecule has 1 aliphatic rings. The van der Waals surface area contributed by atoms with Crippen LogP contribution in [0.5, 0.6) is 0 Å². The molecule has 64 valence electrons. The molecule has 1 aromatic rings. The van der Waals surface area contributed by atoms with Crippen molar-refractivity contribution in [2.24, 2.45) is 0 Å². The topological polar surface area (TPSA) is 12.5 Å². The van der Waals surface area contributed by atoms with Gasteiger partial charge in [-0.25, -0.2) is 0 Å². The Balaban J connectivity index is 1.92. The van der Waals surface area contributed by atoms with Gasteiger partial charge in [-0.2, -0.15) is 0 Å². The van der Waals surface area contributed by atoms with Crippen LogP contribution in [0.1, 0.15) is 12.0 Å². The summed E-state index contributed by atoms with van der Waals surface area (Å²) in [5.74, 6) is 0. The molecule has 1 aliphatic heterocycles. The molecule has 1 aromatic carbocycles. The lowest BCUT2D eigenvalue weighted by Gasteiger charge is -1.98. The predicted molar refractivity (Wildman–Crippen MR) is 52.2 cm³/mol. The van der Waals surface area contributed by atoms with E-state index in [0.717, 1.165) is 23.9 Å². The molecule has 1 saturated heterocycles. The molecule has 0 aromatic heterocycles. The van der Waals surface area contributed by atoms with Crippen molar-refractivity contribution in [2.75, 3.05) is 6.61 Å². The van der Waals surface area contributed by atoms with Crippen LogP contribution in [0.15, 0.2) is 28.7 Å². The Morgan fingerprint density at radius 3 is 3.00 bits per heavy atom. The van der Waals surface area contributed by atoms with E-state index >= 15 is 0 Å². The molecule has 1 fully saturated rings. The zero-order chi connectivity index (χ0) is 8.39. The lowest BCUT2D eigenvalue weighted by atomic mass is 10.1. The molecule has 1 nitrogen and oxygen atoms in total. The summed E-state index contributed by atoms with van der Waals surface area (Å²) in [5.41, 5.74) is 1.39. The maximum Gasteiger partial charge on any atom is 0.0813 e. The number of hydrogen-bond donors (Lipinski definition) is 0. The van der Waals surface area contributed by atoms with Crippen LogP contribution < -0.4 is 0 Å². The van der Waals surface area contributed by atoms with Gasteiger partial charge in [-0.1, -0.05) is 28.1 Å². The molecular formula is C10H11BrO. The number of epoxide rings is 1. The molecule has 2 rings (SSSR count). The van der Waals surface area contributed by atoms with E-state index in [9.17, 15) is 0 Å². The zero-order valence-electron chi connectivity index (χ0n) is 6.79. The second kappa shape index (κ2) is 3.58. The first-order chi connectivity index (χ1) is 5.84. The Bertz CT molecular complexity index is 268. The minimum absolute atomic E-state index is 0.545. The Morgan fingerprint density at radius 2 is 2.33 bits per heavy atom. The van der Waals surface area contributed by atoms with Crippen LogP contribution in [-0.2, 0) is 11.2 Å². The molecule has 0 bridgehead atoms. The van der Waals surface area contributed by atoms with Gasteiger partial charge >= 0.3 is 0 Å². The minimum atomic E-state index is 0.545. The largest absolute Gasteiger partial charge is 0.373 e. The number of aryl methyl sites for hydroxylation is 1. The molecule has 0 amide bonds. The van der Waals surface area contributed by atoms with Gasteiger partial charge in [0.15, 0.2) is 0 Å². The van der Waals surface area contributed by atoms with Gasteiger partial charge in [-0.15, -0.1) is 0 Å². The predicted octanol–water partition coefficient (Wildman–Crippen LogP) is 2.78. The first-order valence-corrected chi connectivity index (χ1v) is 5.00. The van der Waals surface area contributed by atoms with Crippen LogP contribution in [0.2, 0.25) is 0 Å². The molecular weight excluding hydrogens is 216 g/mol. The van der Waals surface area contributed by atoms with Crippen molar-refractivity contribution in [3.63, 3.8) is 0 Å². The van der Waals surface area contributed by atoms with Crippen LogP contribution >= 0.6 is 15.9 Å². The maximum atomic E-state index is 5.15. The monoisotopic (exact) mass is 226 g/mol. The van der Waals surface area contributed by atoms with Gasteiger partial charge in [0, 0.05) is 4.47 Å². The Morgan fingerprint density at radius 1 is 1.50 bits per heavy atom. The van der Waals surface area contributed by atoms with Gasteiger partial charge < -0.3 is 4.74 Å². The van der Waals surface area contributed by atoms with E-state index in [0.29, 0.717) is 6.10 Å². The van der Waals surface area contributed by atoms with E-state index in [4.69, 9.17) is 4.74 Å². The summed E-state index contributed by atoms with van der Waals surface area (Å²) < 4.78 is 6.31. The number of rotatable bonds is 3. The average molecular weight is 227 g/mol. The third kappa shape index (κ3) is 2.32. The molecule has 0 saturated carbocycles. The standard InChI is InChI=1S/C10H11BrO/c11-9-3-1-2-8(6-9)4-5-10-7-12-10/h1-3,6,10H,4-5,7H2. The van der Waals surface area contributed by atoms with Gasteiger partial charge in [-0.3, -0.25) is 0 Å². The summed E-state index contributed by atoms with van der Waals surface area (Å²) in [4.78, 5) is 0. The van der Waals surface area contributed by atoms with Crippen molar-refractivity contribution in [1.29, 1.82) is 0 Å². The van der Waals surface area contributed by atoms with E-state index in [2.05, 4.69) is 40.2 Å². The van der Waals surface area contributed by atoms with E-state index in [1.807, 2.05) is 0 Å². The lowest BCUT2D eigenvalue weighted by molar-refractivity contribution is 0.397. The summed E-state index contributed by atoms with van der Waals surface area (Å²) in [6, 6.07) is 8.46. The van der Waals surface area contributed by atoms with Crippen LogP contribution in [-0.4, -0.2) is 12.7 Å². The van der Waals surface area contributed by atoms with Crippen LogP contribution in [0.3, 0.4) is 0 Å². The molecule has 1 unspecified atom stereocenters. The molecule has 0 N–H and O–H groups in total. The van der Waals surface area contributed by atoms with E-state index in [-0.39, 0.29) is 0 Å². The maximum absolute atomic E-state index is 5.15. The summed E-state index contributed by atoms with van der Waals surface area (Å²) >= 11 is 3.45. The van der Waals surface area contributed by atoms with Crippen molar-refractivity contribution in [2.45, 2.75) is 18.9 Å². The highest BCUT2D eigenvalue weighted by Crippen LogP contribution is 2.18. The summed E-state index contributed by atoms with van der Waals surface area (Å²) in [6.07, 6.45) is 2.84. The normalized spacial score (nSPS) is 20.9. The number of halogens is 1. The van der Waals surface area contributed by atoms with Gasteiger partial charge in [-0.05, 0) is 30.5 Å². The summed E-state index contributed by atoms with van der Waals surface area (Å²) in [5, 5.41) is 0. The molecule has 0 aliphatic carbocycles. The quantitative estimate of drug-likeness (QED) is 0.723. The lowest BCUT2D eigenvalue weighted by Crippen LogP contribution is -1.90.